The van der Waals surface area contributed by atoms with Gasteiger partial charge in [0.1, 0.15) is 0 Å². The summed E-state index contributed by atoms with van der Waals surface area (Å²) in [6, 6.07) is 12.2. The predicted molar refractivity (Wildman–Crippen MR) is 89.7 cm³/mol. The molecule has 2 aromatic carbocycles. The Hall–Kier alpha value is -1.34. The number of hydrogen-bond donors (Lipinski definition) is 1. The van der Waals surface area contributed by atoms with E-state index in [2.05, 4.69) is 42.7 Å². The molecule has 21 heavy (non-hydrogen) atoms. The summed E-state index contributed by atoms with van der Waals surface area (Å²) in [5.41, 5.74) is 4.65. The fraction of sp³-hybridized carbons (Fsp3) is 0.500. The average molecular weight is 279 g/mol. The molecule has 0 radical (unpaired) electrons. The van der Waals surface area contributed by atoms with E-state index in [-0.39, 0.29) is 0 Å². The highest BCUT2D eigenvalue weighted by molar-refractivity contribution is 5.93. The summed E-state index contributed by atoms with van der Waals surface area (Å²) in [5.74, 6) is 0.808. The molecule has 0 bridgehead atoms. The van der Waals surface area contributed by atoms with Gasteiger partial charge in [0, 0.05) is 6.04 Å². The van der Waals surface area contributed by atoms with E-state index in [0.29, 0.717) is 6.04 Å². The lowest BCUT2D eigenvalue weighted by molar-refractivity contribution is 0.283. The molecule has 0 saturated heterocycles. The summed E-state index contributed by atoms with van der Waals surface area (Å²) in [6.45, 7) is 0. The lowest BCUT2D eigenvalue weighted by atomic mass is 9.79. The van der Waals surface area contributed by atoms with Crippen molar-refractivity contribution in [3.8, 4) is 0 Å². The van der Waals surface area contributed by atoms with Gasteiger partial charge in [0.15, 0.2) is 0 Å². The van der Waals surface area contributed by atoms with Crippen LogP contribution in [0.1, 0.15) is 54.8 Å². The monoisotopic (exact) mass is 279 g/mol. The van der Waals surface area contributed by atoms with Gasteiger partial charge in [-0.3, -0.25) is 0 Å². The molecule has 4 rings (SSSR count). The van der Waals surface area contributed by atoms with Gasteiger partial charge >= 0.3 is 0 Å². The fourth-order valence-electron chi connectivity index (χ4n) is 4.65. The highest BCUT2D eigenvalue weighted by atomic mass is 14.9. The van der Waals surface area contributed by atoms with E-state index in [0.717, 1.165) is 5.92 Å². The van der Waals surface area contributed by atoms with Crippen LogP contribution in [0.15, 0.2) is 30.3 Å². The molecule has 2 aliphatic rings. The minimum atomic E-state index is 0.523. The van der Waals surface area contributed by atoms with Crippen molar-refractivity contribution in [2.24, 2.45) is 5.92 Å². The molecule has 1 N–H and O–H groups in total. The van der Waals surface area contributed by atoms with Crippen LogP contribution in [0.5, 0.6) is 0 Å². The lowest BCUT2D eigenvalue weighted by Gasteiger charge is -2.31. The van der Waals surface area contributed by atoms with Gasteiger partial charge in [-0.25, -0.2) is 0 Å². The Morgan fingerprint density at radius 1 is 0.952 bits per heavy atom. The molecule has 1 nitrogen and oxygen atoms in total. The van der Waals surface area contributed by atoms with Gasteiger partial charge in [-0.2, -0.15) is 0 Å². The van der Waals surface area contributed by atoms with Gasteiger partial charge in [0.25, 0.3) is 0 Å². The number of benzene rings is 2. The van der Waals surface area contributed by atoms with E-state index in [9.17, 15) is 0 Å². The molecule has 0 aromatic heterocycles. The number of aryl methyl sites for hydroxylation is 2. The Labute approximate surface area is 127 Å². The Bertz CT molecular complexity index is 642. The quantitative estimate of drug-likeness (QED) is 0.852. The predicted octanol–water partition coefficient (Wildman–Crippen LogP) is 4.78. The first-order chi connectivity index (χ1) is 10.4. The van der Waals surface area contributed by atoms with Crippen molar-refractivity contribution in [2.45, 2.75) is 51.0 Å². The average Bonchev–Trinajstić information content (AvgIpc) is 2.96. The first kappa shape index (κ1) is 13.3. The topological polar surface area (TPSA) is 12.0 Å². The maximum Gasteiger partial charge on any atom is 0.0352 e. The molecule has 0 heterocycles. The molecule has 0 amide bonds. The SMILES string of the molecule is CNC(c1ccc2c3c(cccc13)CC2)C1CCCCC1. The highest BCUT2D eigenvalue weighted by Crippen LogP contribution is 2.40. The Kier molecular flexibility index (Phi) is 3.46. The van der Waals surface area contributed by atoms with Crippen LogP contribution in [0, 0.1) is 5.92 Å². The molecule has 1 heteroatoms. The van der Waals surface area contributed by atoms with Crippen LogP contribution in [0.3, 0.4) is 0 Å². The van der Waals surface area contributed by atoms with Gasteiger partial charge in [-0.05, 0) is 66.1 Å². The van der Waals surface area contributed by atoms with E-state index in [1.807, 2.05) is 0 Å². The van der Waals surface area contributed by atoms with E-state index in [1.54, 1.807) is 16.5 Å². The normalized spacial score (nSPS) is 20.0. The second kappa shape index (κ2) is 5.46. The van der Waals surface area contributed by atoms with E-state index in [4.69, 9.17) is 0 Å². The van der Waals surface area contributed by atoms with Gasteiger partial charge in [0.2, 0.25) is 0 Å². The number of rotatable bonds is 3. The Balaban J connectivity index is 1.82. The van der Waals surface area contributed by atoms with Crippen LogP contribution in [0.25, 0.3) is 10.8 Å². The molecular weight excluding hydrogens is 254 g/mol. The van der Waals surface area contributed by atoms with E-state index >= 15 is 0 Å². The summed E-state index contributed by atoms with van der Waals surface area (Å²) < 4.78 is 0. The first-order valence-electron chi connectivity index (χ1n) is 8.59. The Morgan fingerprint density at radius 3 is 2.48 bits per heavy atom. The maximum absolute atomic E-state index is 3.64. The molecule has 1 fully saturated rings. The summed E-state index contributed by atoms with van der Waals surface area (Å²) in [4.78, 5) is 0. The third kappa shape index (κ3) is 2.19. The highest BCUT2D eigenvalue weighted by Gasteiger charge is 2.26. The van der Waals surface area contributed by atoms with Crippen molar-refractivity contribution in [3.05, 3.63) is 47.0 Å². The van der Waals surface area contributed by atoms with Crippen molar-refractivity contribution in [1.29, 1.82) is 0 Å². The largest absolute Gasteiger partial charge is 0.313 e. The molecule has 1 unspecified atom stereocenters. The zero-order chi connectivity index (χ0) is 14.2. The van der Waals surface area contributed by atoms with Crippen LogP contribution in [0.4, 0.5) is 0 Å². The van der Waals surface area contributed by atoms with Crippen LogP contribution in [-0.2, 0) is 12.8 Å². The van der Waals surface area contributed by atoms with Crippen LogP contribution in [-0.4, -0.2) is 7.05 Å². The minimum absolute atomic E-state index is 0.523. The van der Waals surface area contributed by atoms with E-state index < -0.39 is 0 Å². The second-order valence-corrected chi connectivity index (χ2v) is 6.82. The Morgan fingerprint density at radius 2 is 1.71 bits per heavy atom. The molecule has 0 spiro atoms. The third-order valence-corrected chi connectivity index (χ3v) is 5.68. The molecule has 1 atom stereocenters. The van der Waals surface area contributed by atoms with Crippen molar-refractivity contribution in [2.75, 3.05) is 7.05 Å². The van der Waals surface area contributed by atoms with E-state index in [1.165, 1.54) is 55.9 Å². The zero-order valence-electron chi connectivity index (χ0n) is 13.0. The van der Waals surface area contributed by atoms with Crippen LogP contribution in [0.2, 0.25) is 0 Å². The molecule has 2 aliphatic carbocycles. The summed E-state index contributed by atoms with van der Waals surface area (Å²) >= 11 is 0. The molecule has 110 valence electrons. The van der Waals surface area contributed by atoms with Gasteiger partial charge in [-0.15, -0.1) is 0 Å². The molecule has 2 aromatic rings. The van der Waals surface area contributed by atoms with Crippen molar-refractivity contribution in [1.82, 2.24) is 5.32 Å². The number of nitrogens with one attached hydrogen (secondary N) is 1. The molecule has 0 aliphatic heterocycles. The summed E-state index contributed by atoms with van der Waals surface area (Å²) in [5, 5.41) is 6.71. The minimum Gasteiger partial charge on any atom is -0.313 e. The smallest absolute Gasteiger partial charge is 0.0352 e. The second-order valence-electron chi connectivity index (χ2n) is 6.82. The lowest BCUT2D eigenvalue weighted by Crippen LogP contribution is -2.27. The summed E-state index contributed by atoms with van der Waals surface area (Å²) in [7, 11) is 2.14. The van der Waals surface area contributed by atoms with Crippen molar-refractivity contribution < 1.29 is 0 Å². The zero-order valence-corrected chi connectivity index (χ0v) is 13.0. The molecular formula is C20H25N. The standard InChI is InChI=1S/C20H25N/c1-21-20(16-6-3-2-4-7-16)18-13-12-15-11-10-14-8-5-9-17(18)19(14)15/h5,8-9,12-13,16,20-21H,2-4,6-7,10-11H2,1H3. The van der Waals surface area contributed by atoms with Gasteiger partial charge < -0.3 is 5.32 Å². The van der Waals surface area contributed by atoms with Crippen LogP contribution >= 0.6 is 0 Å². The van der Waals surface area contributed by atoms with Crippen molar-refractivity contribution in [3.63, 3.8) is 0 Å². The first-order valence-corrected chi connectivity index (χ1v) is 8.59. The van der Waals surface area contributed by atoms with Crippen LogP contribution < -0.4 is 5.32 Å². The molecule has 1 saturated carbocycles. The fourth-order valence-corrected chi connectivity index (χ4v) is 4.65. The number of hydrogen-bond acceptors (Lipinski definition) is 1. The summed E-state index contributed by atoms with van der Waals surface area (Å²) in [6.07, 6.45) is 9.46. The maximum atomic E-state index is 3.64. The van der Waals surface area contributed by atoms with Gasteiger partial charge in [-0.1, -0.05) is 49.6 Å². The van der Waals surface area contributed by atoms with Gasteiger partial charge in [0.05, 0.1) is 0 Å². The van der Waals surface area contributed by atoms with Crippen molar-refractivity contribution >= 4 is 10.8 Å². The third-order valence-electron chi connectivity index (χ3n) is 5.68.